The van der Waals surface area contributed by atoms with Crippen LogP contribution >= 0.6 is 11.3 Å². The minimum absolute atomic E-state index is 0.0440. The fourth-order valence-corrected chi connectivity index (χ4v) is 2.45. The summed E-state index contributed by atoms with van der Waals surface area (Å²) >= 11 is 1.64. The fraction of sp³-hybridized carbons (Fsp3) is 0.583. The molecule has 1 rings (SSSR count). The van der Waals surface area contributed by atoms with Gasteiger partial charge in [0.15, 0.2) is 0 Å². The van der Waals surface area contributed by atoms with Gasteiger partial charge in [0.1, 0.15) is 0 Å². The van der Waals surface area contributed by atoms with Crippen LogP contribution in [0.15, 0.2) is 6.07 Å². The normalized spacial score (nSPS) is 12.6. The Labute approximate surface area is 101 Å². The van der Waals surface area contributed by atoms with Gasteiger partial charge in [-0.1, -0.05) is 0 Å². The molecule has 1 atom stereocenters. The van der Waals surface area contributed by atoms with E-state index >= 15 is 0 Å². The van der Waals surface area contributed by atoms with Crippen LogP contribution in [0.5, 0.6) is 0 Å². The molecule has 0 aliphatic carbocycles. The van der Waals surface area contributed by atoms with Crippen molar-refractivity contribution in [2.24, 2.45) is 0 Å². The maximum Gasteiger partial charge on any atom is 0.254 e. The van der Waals surface area contributed by atoms with Crippen LogP contribution in [0.1, 0.15) is 33.5 Å². The highest BCUT2D eigenvalue weighted by Gasteiger charge is 2.16. The zero-order valence-corrected chi connectivity index (χ0v) is 11.1. The molecule has 0 radical (unpaired) electrons. The van der Waals surface area contributed by atoms with Crippen molar-refractivity contribution in [2.75, 3.05) is 13.6 Å². The number of aliphatic hydroxyl groups excluding tert-OH is 1. The Kier molecular flexibility index (Phi) is 4.50. The van der Waals surface area contributed by atoms with E-state index in [0.717, 1.165) is 15.3 Å². The van der Waals surface area contributed by atoms with Crippen molar-refractivity contribution >= 4 is 17.2 Å². The van der Waals surface area contributed by atoms with Crippen molar-refractivity contribution in [3.8, 4) is 0 Å². The van der Waals surface area contributed by atoms with Crippen LogP contribution in [0.2, 0.25) is 0 Å². The highest BCUT2D eigenvalue weighted by molar-refractivity contribution is 7.12. The quantitative estimate of drug-likeness (QED) is 0.878. The van der Waals surface area contributed by atoms with E-state index in [9.17, 15) is 9.90 Å². The predicted molar refractivity (Wildman–Crippen MR) is 67.1 cm³/mol. The second-order valence-corrected chi connectivity index (χ2v) is 5.65. The first-order chi connectivity index (χ1) is 7.41. The molecule has 0 bridgehead atoms. The van der Waals surface area contributed by atoms with Gasteiger partial charge in [0, 0.05) is 23.3 Å². The van der Waals surface area contributed by atoms with Crippen LogP contribution in [0.25, 0.3) is 0 Å². The zero-order chi connectivity index (χ0) is 12.3. The molecular weight excluding hydrogens is 222 g/mol. The number of hydrogen-bond acceptors (Lipinski definition) is 3. The number of aliphatic hydroxyl groups is 1. The first kappa shape index (κ1) is 13.2. The molecule has 16 heavy (non-hydrogen) atoms. The van der Waals surface area contributed by atoms with Crippen molar-refractivity contribution in [3.63, 3.8) is 0 Å². The summed E-state index contributed by atoms with van der Waals surface area (Å²) in [4.78, 5) is 15.9. The maximum absolute atomic E-state index is 12.0. The molecule has 0 aromatic carbocycles. The number of nitrogens with zero attached hydrogens (tertiary/aromatic N) is 1. The van der Waals surface area contributed by atoms with Crippen LogP contribution in [-0.4, -0.2) is 35.6 Å². The van der Waals surface area contributed by atoms with E-state index in [1.165, 1.54) is 0 Å². The van der Waals surface area contributed by atoms with E-state index in [-0.39, 0.29) is 12.0 Å². The lowest BCUT2D eigenvalue weighted by molar-refractivity contribution is 0.0769. The highest BCUT2D eigenvalue weighted by Crippen LogP contribution is 2.21. The summed E-state index contributed by atoms with van der Waals surface area (Å²) in [6.07, 6.45) is 0.255. The average molecular weight is 241 g/mol. The van der Waals surface area contributed by atoms with Crippen LogP contribution in [0, 0.1) is 13.8 Å². The summed E-state index contributed by atoms with van der Waals surface area (Å²) in [5.41, 5.74) is 0.788. The number of amides is 1. The van der Waals surface area contributed by atoms with Gasteiger partial charge in [-0.25, -0.2) is 0 Å². The summed E-state index contributed by atoms with van der Waals surface area (Å²) in [5, 5.41) is 9.18. The minimum atomic E-state index is -0.361. The van der Waals surface area contributed by atoms with Crippen molar-refractivity contribution in [1.82, 2.24) is 4.90 Å². The van der Waals surface area contributed by atoms with Gasteiger partial charge in [-0.15, -0.1) is 11.3 Å². The maximum atomic E-state index is 12.0. The van der Waals surface area contributed by atoms with E-state index in [0.29, 0.717) is 13.0 Å². The van der Waals surface area contributed by atoms with Crippen LogP contribution in [0.4, 0.5) is 0 Å². The number of carbonyl (C=O) groups excluding carboxylic acids is 1. The molecule has 0 saturated heterocycles. The molecule has 1 heterocycles. The molecule has 90 valence electrons. The Balaban J connectivity index is 2.67. The lowest BCUT2D eigenvalue weighted by Crippen LogP contribution is -2.29. The molecule has 3 nitrogen and oxygen atoms in total. The average Bonchev–Trinajstić information content (AvgIpc) is 2.53. The number of carbonyl (C=O) groups is 1. The van der Waals surface area contributed by atoms with Gasteiger partial charge in [0.05, 0.1) is 11.7 Å². The van der Waals surface area contributed by atoms with Gasteiger partial charge >= 0.3 is 0 Å². The van der Waals surface area contributed by atoms with Crippen LogP contribution in [-0.2, 0) is 0 Å². The van der Waals surface area contributed by atoms with Crippen molar-refractivity contribution < 1.29 is 9.90 Å². The second kappa shape index (κ2) is 5.46. The molecule has 1 aromatic heterocycles. The number of aryl methyl sites for hydroxylation is 2. The molecule has 1 unspecified atom stereocenters. The standard InChI is InChI=1S/C12H19NO2S/c1-8(14)5-6-13(4)12(15)11-7-9(2)16-10(11)3/h7-8,14H,5-6H2,1-4H3. The summed E-state index contributed by atoms with van der Waals surface area (Å²) < 4.78 is 0. The Bertz CT molecular complexity index is 371. The minimum Gasteiger partial charge on any atom is -0.393 e. The van der Waals surface area contributed by atoms with E-state index in [1.807, 2.05) is 19.9 Å². The molecule has 0 aliphatic rings. The zero-order valence-electron chi connectivity index (χ0n) is 10.3. The molecule has 1 N–H and O–H groups in total. The van der Waals surface area contributed by atoms with Crippen LogP contribution < -0.4 is 0 Å². The first-order valence-electron chi connectivity index (χ1n) is 5.42. The second-order valence-electron chi connectivity index (χ2n) is 4.19. The van der Waals surface area contributed by atoms with Crippen molar-refractivity contribution in [2.45, 2.75) is 33.3 Å². The highest BCUT2D eigenvalue weighted by atomic mass is 32.1. The number of hydrogen-bond donors (Lipinski definition) is 1. The Morgan fingerprint density at radius 1 is 1.56 bits per heavy atom. The fourth-order valence-electron chi connectivity index (χ4n) is 1.53. The van der Waals surface area contributed by atoms with Gasteiger partial charge in [-0.3, -0.25) is 4.79 Å². The van der Waals surface area contributed by atoms with Gasteiger partial charge in [0.2, 0.25) is 0 Å². The van der Waals surface area contributed by atoms with E-state index < -0.39 is 0 Å². The SMILES string of the molecule is Cc1cc(C(=O)N(C)CCC(C)O)c(C)s1. The van der Waals surface area contributed by atoms with E-state index in [1.54, 1.807) is 30.2 Å². The smallest absolute Gasteiger partial charge is 0.254 e. The molecule has 4 heteroatoms. The lowest BCUT2D eigenvalue weighted by atomic mass is 10.2. The van der Waals surface area contributed by atoms with E-state index in [4.69, 9.17) is 0 Å². The summed E-state index contributed by atoms with van der Waals surface area (Å²) in [7, 11) is 1.77. The molecule has 1 aromatic rings. The molecule has 1 amide bonds. The van der Waals surface area contributed by atoms with Crippen LogP contribution in [0.3, 0.4) is 0 Å². The third-order valence-electron chi connectivity index (χ3n) is 2.50. The molecule has 0 aliphatic heterocycles. The molecule has 0 saturated carbocycles. The Morgan fingerprint density at radius 3 is 2.62 bits per heavy atom. The summed E-state index contributed by atoms with van der Waals surface area (Å²) in [6.45, 7) is 6.29. The van der Waals surface area contributed by atoms with Gasteiger partial charge in [-0.05, 0) is 33.3 Å². The number of rotatable bonds is 4. The Hall–Kier alpha value is -0.870. The first-order valence-corrected chi connectivity index (χ1v) is 6.24. The van der Waals surface area contributed by atoms with Gasteiger partial charge in [0.25, 0.3) is 5.91 Å². The Morgan fingerprint density at radius 2 is 2.19 bits per heavy atom. The molecule has 0 spiro atoms. The summed E-state index contributed by atoms with van der Waals surface area (Å²) in [6, 6.07) is 1.93. The molecule has 0 fully saturated rings. The predicted octanol–water partition coefficient (Wildman–Crippen LogP) is 2.21. The topological polar surface area (TPSA) is 40.5 Å². The van der Waals surface area contributed by atoms with Crippen molar-refractivity contribution in [1.29, 1.82) is 0 Å². The number of thiophene rings is 1. The third kappa shape index (κ3) is 3.32. The summed E-state index contributed by atoms with van der Waals surface area (Å²) in [5.74, 6) is 0.0440. The van der Waals surface area contributed by atoms with E-state index in [2.05, 4.69) is 0 Å². The molecular formula is C12H19NO2S. The monoisotopic (exact) mass is 241 g/mol. The van der Waals surface area contributed by atoms with Gasteiger partial charge < -0.3 is 10.0 Å². The van der Waals surface area contributed by atoms with Gasteiger partial charge in [-0.2, -0.15) is 0 Å². The van der Waals surface area contributed by atoms with Crippen molar-refractivity contribution in [3.05, 3.63) is 21.4 Å². The lowest BCUT2D eigenvalue weighted by Gasteiger charge is -2.17. The third-order valence-corrected chi connectivity index (χ3v) is 3.47. The largest absolute Gasteiger partial charge is 0.393 e.